The molecule has 0 aliphatic heterocycles. The first-order valence-electron chi connectivity index (χ1n) is 12.9. The highest BCUT2D eigenvalue weighted by molar-refractivity contribution is 5.65. The molecule has 2 fully saturated rings. The zero-order chi connectivity index (χ0) is 25.9. The van der Waals surface area contributed by atoms with Crippen LogP contribution in [0.3, 0.4) is 0 Å². The fraction of sp³-hybridized carbons (Fsp3) is 0.567. The van der Waals surface area contributed by atoms with E-state index in [1.54, 1.807) is 0 Å². The lowest BCUT2D eigenvalue weighted by Crippen LogP contribution is -2.58. The van der Waals surface area contributed by atoms with Gasteiger partial charge in [0.25, 0.3) is 0 Å². The quantitative estimate of drug-likeness (QED) is 0.603. The zero-order valence-electron chi connectivity index (χ0n) is 21.7. The van der Waals surface area contributed by atoms with Crippen LogP contribution in [0.25, 0.3) is 0 Å². The van der Waals surface area contributed by atoms with Gasteiger partial charge in [-0.25, -0.2) is 0 Å². The topological polar surface area (TPSA) is 108 Å². The lowest BCUT2D eigenvalue weighted by molar-refractivity contribution is -0.446. The molecule has 2 saturated carbocycles. The highest BCUT2D eigenvalue weighted by Crippen LogP contribution is 2.62. The molecule has 0 amide bonds. The van der Waals surface area contributed by atoms with E-state index in [4.69, 9.17) is 0 Å². The van der Waals surface area contributed by atoms with E-state index in [0.29, 0.717) is 12.3 Å². The highest BCUT2D eigenvalue weighted by atomic mass is 16.4. The molecule has 2 aliphatic rings. The Labute approximate surface area is 210 Å². The summed E-state index contributed by atoms with van der Waals surface area (Å²) in [4.78, 5) is 11.1. The Morgan fingerprint density at radius 1 is 0.971 bits per heavy atom. The predicted molar refractivity (Wildman–Crippen MR) is 136 cm³/mol. The van der Waals surface area contributed by atoms with Gasteiger partial charge in [0, 0.05) is 11.5 Å². The van der Waals surface area contributed by atoms with Crippen molar-refractivity contribution < 1.29 is 25.8 Å². The second-order valence-corrected chi connectivity index (χ2v) is 11.8. The molecule has 5 nitrogen and oxygen atoms in total. The number of hydrogen-bond acceptors (Lipinski definition) is 4. The Balaban J connectivity index is 0.000000198. The largest absolute Gasteiger partial charge is 0.550 e. The molecule has 0 unspecified atom stereocenters. The van der Waals surface area contributed by atoms with Gasteiger partial charge in [-0.05, 0) is 67.3 Å². The summed E-state index contributed by atoms with van der Waals surface area (Å²) in [5.74, 6) is -0.725. The molecule has 5 heteroatoms. The van der Waals surface area contributed by atoms with Crippen molar-refractivity contribution in [2.24, 2.45) is 22.7 Å². The first kappa shape index (κ1) is 27.4. The number of rotatable bonds is 5. The SMILES string of the molecule is CC1(C)CCC[C@]2(C)[C@@H](CC(=O)[O-])[C@](C)(O)CC[C@@H]12.[NH3+][C@H](c1ccccc1)[C@@H](O)c1ccccc1. The van der Waals surface area contributed by atoms with Crippen molar-refractivity contribution in [1.82, 2.24) is 0 Å². The number of benzene rings is 2. The summed E-state index contributed by atoms with van der Waals surface area (Å²) in [6.45, 7) is 8.60. The summed E-state index contributed by atoms with van der Waals surface area (Å²) in [7, 11) is 0. The van der Waals surface area contributed by atoms with Crippen LogP contribution < -0.4 is 10.8 Å². The molecule has 2 aromatic rings. The maximum absolute atomic E-state index is 11.1. The minimum atomic E-state index is -1.03. The van der Waals surface area contributed by atoms with E-state index in [-0.39, 0.29) is 29.2 Å². The van der Waals surface area contributed by atoms with E-state index in [9.17, 15) is 20.1 Å². The van der Waals surface area contributed by atoms with Crippen LogP contribution >= 0.6 is 0 Å². The Morgan fingerprint density at radius 2 is 1.51 bits per heavy atom. The fourth-order valence-electron chi connectivity index (χ4n) is 7.01. The van der Waals surface area contributed by atoms with Gasteiger partial charge in [0.05, 0.1) is 5.60 Å². The maximum atomic E-state index is 11.1. The lowest BCUT2D eigenvalue weighted by atomic mass is 9.45. The van der Waals surface area contributed by atoms with Gasteiger partial charge in [0.1, 0.15) is 12.1 Å². The van der Waals surface area contributed by atoms with Crippen LogP contribution in [0, 0.1) is 22.7 Å². The first-order valence-corrected chi connectivity index (χ1v) is 12.9. The zero-order valence-corrected chi connectivity index (χ0v) is 21.7. The van der Waals surface area contributed by atoms with Gasteiger partial charge in [0.2, 0.25) is 0 Å². The average molecular weight is 482 g/mol. The predicted octanol–water partition coefficient (Wildman–Crippen LogP) is 3.82. The number of carboxylic acids is 1. The second-order valence-electron chi connectivity index (χ2n) is 11.8. The van der Waals surface area contributed by atoms with E-state index in [2.05, 4.69) is 26.5 Å². The van der Waals surface area contributed by atoms with E-state index >= 15 is 0 Å². The van der Waals surface area contributed by atoms with E-state index in [1.165, 1.54) is 6.42 Å². The number of carbonyl (C=O) groups excluding carboxylic acids is 1. The molecule has 192 valence electrons. The summed E-state index contributed by atoms with van der Waals surface area (Å²) in [5, 5.41) is 32.0. The molecule has 4 rings (SSSR count). The molecule has 2 aromatic carbocycles. The Morgan fingerprint density at radius 3 is 2.06 bits per heavy atom. The molecule has 0 radical (unpaired) electrons. The first-order chi connectivity index (χ1) is 16.4. The van der Waals surface area contributed by atoms with Crippen LogP contribution in [0.4, 0.5) is 0 Å². The van der Waals surface area contributed by atoms with Crippen molar-refractivity contribution in [3.05, 3.63) is 71.8 Å². The monoisotopic (exact) mass is 481 g/mol. The van der Waals surface area contributed by atoms with Gasteiger partial charge in [-0.3, -0.25) is 0 Å². The number of carboxylic acid groups (broad SMARTS) is 1. The molecule has 0 bridgehead atoms. The van der Waals surface area contributed by atoms with Gasteiger partial charge in [-0.2, -0.15) is 0 Å². The number of aliphatic hydroxyl groups is 2. The molecule has 0 heterocycles. The molecule has 0 spiro atoms. The van der Waals surface area contributed by atoms with Crippen molar-refractivity contribution in [3.8, 4) is 0 Å². The van der Waals surface area contributed by atoms with Crippen LogP contribution in [-0.2, 0) is 4.79 Å². The molecule has 6 atom stereocenters. The van der Waals surface area contributed by atoms with Crippen LogP contribution in [0.15, 0.2) is 60.7 Å². The maximum Gasteiger partial charge on any atom is 0.140 e. The summed E-state index contributed by atoms with van der Waals surface area (Å²) in [5.41, 5.74) is 5.29. The number of carbonyl (C=O) groups is 1. The molecule has 0 aromatic heterocycles. The van der Waals surface area contributed by atoms with Gasteiger partial charge >= 0.3 is 0 Å². The third kappa shape index (κ3) is 6.14. The minimum Gasteiger partial charge on any atom is -0.550 e. The minimum absolute atomic E-state index is 0.0178. The Kier molecular flexibility index (Phi) is 8.46. The fourth-order valence-corrected chi connectivity index (χ4v) is 7.01. The van der Waals surface area contributed by atoms with Crippen molar-refractivity contribution in [2.45, 2.75) is 84.0 Å². The van der Waals surface area contributed by atoms with Crippen LogP contribution in [0.1, 0.15) is 89.5 Å². The standard InChI is InChI=1S/C16H28O3.C14H15NO/c1-14(2)7-5-8-15(3)11(14)6-9-16(4,19)12(15)10-13(17)18;15-13(11-7-3-1-4-8-11)14(16)12-9-5-2-6-10-12/h11-12,19H,5-10H2,1-4H3,(H,17,18);1-10,13-14,16H,15H2/t11-,12+,15-,16+;13-,14+/m01/s1. The number of aliphatic hydroxyl groups excluding tert-OH is 1. The Bertz CT molecular complexity index is 915. The van der Waals surface area contributed by atoms with Crippen LogP contribution in [0.2, 0.25) is 0 Å². The lowest BCUT2D eigenvalue weighted by Gasteiger charge is -2.61. The molecule has 5 N–H and O–H groups in total. The average Bonchev–Trinajstić information content (AvgIpc) is 2.81. The van der Waals surface area contributed by atoms with Crippen molar-refractivity contribution >= 4 is 5.97 Å². The second kappa shape index (κ2) is 10.8. The molecular formula is C30H43NO4. The summed E-state index contributed by atoms with van der Waals surface area (Å²) < 4.78 is 0. The molecule has 2 aliphatic carbocycles. The van der Waals surface area contributed by atoms with Crippen molar-refractivity contribution in [3.63, 3.8) is 0 Å². The smallest absolute Gasteiger partial charge is 0.140 e. The van der Waals surface area contributed by atoms with Gasteiger partial charge in [0.15, 0.2) is 0 Å². The van der Waals surface area contributed by atoms with E-state index < -0.39 is 17.7 Å². The van der Waals surface area contributed by atoms with Crippen LogP contribution in [-0.4, -0.2) is 21.8 Å². The van der Waals surface area contributed by atoms with Crippen molar-refractivity contribution in [2.75, 3.05) is 0 Å². The molecule has 35 heavy (non-hydrogen) atoms. The van der Waals surface area contributed by atoms with Crippen molar-refractivity contribution in [1.29, 1.82) is 0 Å². The number of quaternary nitrogens is 1. The Hall–Kier alpha value is -2.21. The van der Waals surface area contributed by atoms with Gasteiger partial charge in [-0.1, -0.05) is 87.9 Å². The summed E-state index contributed by atoms with van der Waals surface area (Å²) >= 11 is 0. The van der Waals surface area contributed by atoms with Gasteiger partial charge < -0.3 is 25.8 Å². The van der Waals surface area contributed by atoms with E-state index in [0.717, 1.165) is 30.4 Å². The third-order valence-electron chi connectivity index (χ3n) is 8.88. The van der Waals surface area contributed by atoms with E-state index in [1.807, 2.05) is 67.6 Å². The summed E-state index contributed by atoms with van der Waals surface area (Å²) in [6.07, 6.45) is 4.48. The molecule has 0 saturated heterocycles. The van der Waals surface area contributed by atoms with Crippen LogP contribution in [0.5, 0.6) is 0 Å². The third-order valence-corrected chi connectivity index (χ3v) is 8.88. The number of fused-ring (bicyclic) bond motifs is 1. The molecular weight excluding hydrogens is 438 g/mol. The number of hydrogen-bond donors (Lipinski definition) is 3. The highest BCUT2D eigenvalue weighted by Gasteiger charge is 2.57. The van der Waals surface area contributed by atoms with Gasteiger partial charge in [-0.15, -0.1) is 0 Å². The number of aliphatic carboxylic acids is 1. The summed E-state index contributed by atoms with van der Waals surface area (Å²) in [6, 6.07) is 19.4. The normalized spacial score (nSPS) is 31.3.